The normalized spacial score (nSPS) is 13.4. The van der Waals surface area contributed by atoms with Crippen LogP contribution in [-0.4, -0.2) is 73.4 Å². The first-order valence-electron chi connectivity index (χ1n) is 41.6. The van der Waals surface area contributed by atoms with Crippen molar-refractivity contribution in [3.8, 4) is 0 Å². The molecule has 0 radical (unpaired) electrons. The number of hydrogen-bond donors (Lipinski definition) is 3. The molecule has 0 bridgehead atoms. The van der Waals surface area contributed by atoms with Gasteiger partial charge in [0, 0.05) is 6.42 Å². The van der Waals surface area contributed by atoms with E-state index >= 15 is 0 Å². The van der Waals surface area contributed by atoms with Crippen LogP contribution in [-0.2, 0) is 18.4 Å². The molecule has 0 aliphatic heterocycles. The number of likely N-dealkylation sites (N-methyl/N-ethyl adjacent to an activating group) is 1. The topological polar surface area (TPSA) is 105 Å². The predicted octanol–water partition coefficient (Wildman–Crippen LogP) is 27.2. The minimum Gasteiger partial charge on any atom is -0.387 e. The highest BCUT2D eigenvalue weighted by molar-refractivity contribution is 7.47. The van der Waals surface area contributed by atoms with Crippen molar-refractivity contribution < 1.29 is 32.9 Å². The molecule has 3 unspecified atom stereocenters. The maximum absolute atomic E-state index is 13.1. The summed E-state index contributed by atoms with van der Waals surface area (Å²) >= 11 is 0. The number of rotatable bonds is 79. The van der Waals surface area contributed by atoms with E-state index in [2.05, 4.69) is 19.2 Å². The number of phosphoric acid groups is 1. The van der Waals surface area contributed by atoms with E-state index in [1.807, 2.05) is 27.2 Å². The van der Waals surface area contributed by atoms with Gasteiger partial charge in [-0.05, 0) is 19.3 Å². The molecule has 0 aliphatic carbocycles. The van der Waals surface area contributed by atoms with Crippen molar-refractivity contribution in [3.63, 3.8) is 0 Å². The molecular formula is C82H166N2O6P+. The second-order valence-electron chi connectivity index (χ2n) is 30.2. The largest absolute Gasteiger partial charge is 0.472 e. The number of aliphatic hydroxyl groups excluding tert-OH is 1. The molecule has 0 saturated heterocycles. The molecule has 3 atom stereocenters. The number of phosphoric ester groups is 1. The number of quaternary nitrogens is 1. The summed E-state index contributed by atoms with van der Waals surface area (Å²) in [5.74, 6) is -0.165. The van der Waals surface area contributed by atoms with Gasteiger partial charge in [0.15, 0.2) is 0 Å². The van der Waals surface area contributed by atoms with Gasteiger partial charge in [-0.15, -0.1) is 0 Å². The molecule has 1 amide bonds. The Kier molecular flexibility index (Phi) is 72.9. The summed E-state index contributed by atoms with van der Waals surface area (Å²) in [6, 6.07) is -0.845. The summed E-state index contributed by atoms with van der Waals surface area (Å²) < 4.78 is 23.9. The van der Waals surface area contributed by atoms with Crippen LogP contribution in [0.15, 0.2) is 12.2 Å². The Hall–Kier alpha value is -0.760. The molecule has 544 valence electrons. The summed E-state index contributed by atoms with van der Waals surface area (Å²) in [4.78, 5) is 23.5. The zero-order valence-corrected chi connectivity index (χ0v) is 63.5. The molecule has 0 aliphatic rings. The van der Waals surface area contributed by atoms with E-state index < -0.39 is 20.0 Å². The van der Waals surface area contributed by atoms with Gasteiger partial charge in [-0.1, -0.05) is 443 Å². The molecule has 0 spiro atoms. The Bertz CT molecular complexity index is 1490. The van der Waals surface area contributed by atoms with Crippen LogP contribution in [0.1, 0.15) is 457 Å². The highest BCUT2D eigenvalue weighted by Crippen LogP contribution is 2.43. The lowest BCUT2D eigenvalue weighted by Gasteiger charge is -2.25. The van der Waals surface area contributed by atoms with E-state index in [9.17, 15) is 19.4 Å². The third-order valence-electron chi connectivity index (χ3n) is 19.8. The molecule has 0 aromatic carbocycles. The van der Waals surface area contributed by atoms with E-state index in [4.69, 9.17) is 9.05 Å². The van der Waals surface area contributed by atoms with Gasteiger partial charge in [0.2, 0.25) is 5.91 Å². The molecule has 0 rings (SSSR count). The van der Waals surface area contributed by atoms with Crippen LogP contribution in [0.2, 0.25) is 0 Å². The maximum atomic E-state index is 13.1. The SMILES string of the molecule is CCCCCCCCCCCCCCCCCCCCCCCCCCCCCCC/C=C/C(O)C(COP(=O)(O)OCC[N+](C)(C)C)NC(=O)CCCCCCCCCCCCCCCCCCCCCCCCCCCCCCCCCCCCCCCC. The molecule has 0 fully saturated rings. The van der Waals surface area contributed by atoms with Crippen molar-refractivity contribution in [3.05, 3.63) is 12.2 Å². The van der Waals surface area contributed by atoms with Crippen molar-refractivity contribution in [2.24, 2.45) is 0 Å². The van der Waals surface area contributed by atoms with Crippen LogP contribution in [0.25, 0.3) is 0 Å². The smallest absolute Gasteiger partial charge is 0.387 e. The van der Waals surface area contributed by atoms with Crippen molar-refractivity contribution >= 4 is 13.7 Å². The number of hydrogen-bond acceptors (Lipinski definition) is 5. The zero-order chi connectivity index (χ0) is 66.2. The fourth-order valence-electron chi connectivity index (χ4n) is 13.3. The fourth-order valence-corrected chi connectivity index (χ4v) is 14.1. The molecule has 0 heterocycles. The van der Waals surface area contributed by atoms with Gasteiger partial charge in [-0.3, -0.25) is 13.8 Å². The summed E-state index contributed by atoms with van der Waals surface area (Å²) in [7, 11) is 1.60. The van der Waals surface area contributed by atoms with Gasteiger partial charge in [-0.2, -0.15) is 0 Å². The quantitative estimate of drug-likeness (QED) is 0.0243. The van der Waals surface area contributed by atoms with Crippen molar-refractivity contribution in [1.82, 2.24) is 5.32 Å². The van der Waals surface area contributed by atoms with Crippen LogP contribution >= 0.6 is 7.82 Å². The number of allylic oxidation sites excluding steroid dienone is 1. The van der Waals surface area contributed by atoms with Crippen LogP contribution in [0, 0.1) is 0 Å². The van der Waals surface area contributed by atoms with Crippen molar-refractivity contribution in [2.45, 2.75) is 469 Å². The Morgan fingerprint density at radius 2 is 0.582 bits per heavy atom. The zero-order valence-electron chi connectivity index (χ0n) is 62.6. The first kappa shape index (κ1) is 90.2. The van der Waals surface area contributed by atoms with Crippen molar-refractivity contribution in [1.29, 1.82) is 0 Å². The lowest BCUT2D eigenvalue weighted by molar-refractivity contribution is -0.870. The molecule has 0 aromatic rings. The predicted molar refractivity (Wildman–Crippen MR) is 402 cm³/mol. The molecule has 8 nitrogen and oxygen atoms in total. The minimum absolute atomic E-state index is 0.0657. The van der Waals surface area contributed by atoms with E-state index in [1.54, 1.807) is 6.08 Å². The highest BCUT2D eigenvalue weighted by Gasteiger charge is 2.28. The number of aliphatic hydroxyl groups is 1. The average molecular weight is 1310 g/mol. The number of amides is 1. The average Bonchev–Trinajstić information content (AvgIpc) is 3.73. The van der Waals surface area contributed by atoms with Crippen LogP contribution < -0.4 is 5.32 Å². The van der Waals surface area contributed by atoms with Gasteiger partial charge in [0.1, 0.15) is 13.2 Å². The van der Waals surface area contributed by atoms with Gasteiger partial charge in [0.25, 0.3) is 0 Å². The van der Waals surface area contributed by atoms with Gasteiger partial charge in [-0.25, -0.2) is 4.57 Å². The summed E-state index contributed by atoms with van der Waals surface area (Å²) in [6.45, 7) is 4.90. The Morgan fingerprint density at radius 1 is 0.363 bits per heavy atom. The molecule has 9 heteroatoms. The Labute approximate surface area is 571 Å². The van der Waals surface area contributed by atoms with E-state index in [-0.39, 0.29) is 19.1 Å². The highest BCUT2D eigenvalue weighted by atomic mass is 31.2. The summed E-state index contributed by atoms with van der Waals surface area (Å²) in [5, 5.41) is 14.1. The van der Waals surface area contributed by atoms with E-state index in [0.29, 0.717) is 17.4 Å². The molecule has 0 aromatic heterocycles. The lowest BCUT2D eigenvalue weighted by Crippen LogP contribution is -2.45. The minimum atomic E-state index is -4.35. The van der Waals surface area contributed by atoms with Gasteiger partial charge < -0.3 is 19.8 Å². The number of nitrogens with zero attached hydrogens (tertiary/aromatic N) is 1. The third kappa shape index (κ3) is 76.5. The molecule has 0 saturated carbocycles. The van der Waals surface area contributed by atoms with E-state index in [1.165, 1.54) is 405 Å². The standard InChI is InChI=1S/C82H165N2O6P/c1-6-8-10-12-14-16-18-20-22-24-26-28-30-32-34-36-38-39-40-41-42-43-44-46-48-50-52-54-56-58-60-62-64-66-68-70-72-74-76-82(86)83-80(79-90-91(87,88)89-78-77-84(3,4)5)81(85)75-73-71-69-67-65-63-61-59-57-55-53-51-49-47-45-37-35-33-31-29-27-25-23-21-19-17-15-13-11-9-7-2/h73,75,80-81,85H,6-72,74,76-79H2,1-5H3,(H-,83,86,87,88)/p+1/b75-73+. The summed E-state index contributed by atoms with van der Waals surface area (Å²) in [5.41, 5.74) is 0. The monoisotopic (exact) mass is 1310 g/mol. The van der Waals surface area contributed by atoms with E-state index in [0.717, 1.165) is 32.1 Å². The number of nitrogens with one attached hydrogen (secondary N) is 1. The maximum Gasteiger partial charge on any atom is 0.472 e. The molecular weight excluding hydrogens is 1140 g/mol. The first-order chi connectivity index (χ1) is 44.5. The molecule has 3 N–H and O–H groups in total. The lowest BCUT2D eigenvalue weighted by atomic mass is 10.0. The van der Waals surface area contributed by atoms with Crippen molar-refractivity contribution in [2.75, 3.05) is 40.9 Å². The summed E-state index contributed by atoms with van der Waals surface area (Å²) in [6.07, 6.45) is 97.2. The van der Waals surface area contributed by atoms with Crippen LogP contribution in [0.4, 0.5) is 0 Å². The van der Waals surface area contributed by atoms with Crippen LogP contribution in [0.5, 0.6) is 0 Å². The number of carbonyl (C=O) groups excluding carboxylic acids is 1. The first-order valence-corrected chi connectivity index (χ1v) is 43.1. The van der Waals surface area contributed by atoms with Gasteiger partial charge >= 0.3 is 7.82 Å². The third-order valence-corrected chi connectivity index (χ3v) is 20.7. The Balaban J connectivity index is 3.90. The number of carbonyl (C=O) groups is 1. The Morgan fingerprint density at radius 3 is 0.813 bits per heavy atom. The molecule has 91 heavy (non-hydrogen) atoms. The second kappa shape index (κ2) is 73.5. The number of unbranched alkanes of at least 4 members (excludes halogenated alkanes) is 66. The van der Waals surface area contributed by atoms with Gasteiger partial charge in [0.05, 0.1) is 39.9 Å². The van der Waals surface area contributed by atoms with Crippen LogP contribution in [0.3, 0.4) is 0 Å². The second-order valence-corrected chi connectivity index (χ2v) is 31.7. The fraction of sp³-hybridized carbons (Fsp3) is 0.963.